The lowest BCUT2D eigenvalue weighted by Gasteiger charge is -2.11. The van der Waals surface area contributed by atoms with Crippen molar-refractivity contribution in [2.45, 2.75) is 6.54 Å². The molecule has 2 nitrogen and oxygen atoms in total. The van der Waals surface area contributed by atoms with Gasteiger partial charge in [0.2, 0.25) is 0 Å². The zero-order chi connectivity index (χ0) is 13.8. The van der Waals surface area contributed by atoms with Gasteiger partial charge >= 0.3 is 0 Å². The van der Waals surface area contributed by atoms with Crippen molar-refractivity contribution in [1.29, 1.82) is 0 Å². The largest absolute Gasteiger partial charge is 0.389 e. The van der Waals surface area contributed by atoms with Crippen LogP contribution in [0.1, 0.15) is 11.1 Å². The Morgan fingerprint density at radius 1 is 1.11 bits per heavy atom. The van der Waals surface area contributed by atoms with Gasteiger partial charge in [-0.05, 0) is 45.8 Å². The average molecular weight is 400 g/mol. The van der Waals surface area contributed by atoms with Gasteiger partial charge in [0.15, 0.2) is 0 Å². The summed E-state index contributed by atoms with van der Waals surface area (Å²) in [6.45, 7) is 0.743. The van der Waals surface area contributed by atoms with E-state index in [-0.39, 0.29) is 0 Å². The molecule has 0 aromatic heterocycles. The monoisotopic (exact) mass is 398 g/mol. The average Bonchev–Trinajstić information content (AvgIpc) is 2.39. The Morgan fingerprint density at radius 3 is 2.47 bits per heavy atom. The summed E-state index contributed by atoms with van der Waals surface area (Å²) in [6, 6.07) is 13.9. The minimum absolute atomic E-state index is 0.401. The number of hydrogen-bond donors (Lipinski definition) is 2. The molecule has 0 atom stereocenters. The van der Waals surface area contributed by atoms with Gasteiger partial charge in [0.05, 0.1) is 0 Å². The molecule has 0 amide bonds. The van der Waals surface area contributed by atoms with Crippen molar-refractivity contribution in [2.75, 3.05) is 5.32 Å². The van der Waals surface area contributed by atoms with Crippen LogP contribution in [0.2, 0.25) is 0 Å². The highest BCUT2D eigenvalue weighted by molar-refractivity contribution is 9.11. The molecule has 0 heterocycles. The maximum Gasteiger partial charge on any atom is 0.104 e. The van der Waals surface area contributed by atoms with E-state index in [1.807, 2.05) is 36.4 Å². The first-order valence-electron chi connectivity index (χ1n) is 5.64. The van der Waals surface area contributed by atoms with E-state index in [9.17, 15) is 0 Å². The van der Waals surface area contributed by atoms with E-state index < -0.39 is 0 Å². The molecule has 0 saturated carbocycles. The molecular weight excluding hydrogens is 388 g/mol. The standard InChI is InChI=1S/C14H12Br2N2S/c15-11-4-2-1-3-10(11)8-18-13-6-5-9(14(17)19)7-12(13)16/h1-7,18H,8H2,(H2,17,19). The first kappa shape index (κ1) is 14.5. The summed E-state index contributed by atoms with van der Waals surface area (Å²) in [5, 5.41) is 3.38. The van der Waals surface area contributed by atoms with E-state index in [0.29, 0.717) is 4.99 Å². The maximum atomic E-state index is 5.60. The smallest absolute Gasteiger partial charge is 0.104 e. The van der Waals surface area contributed by atoms with Gasteiger partial charge in [0.25, 0.3) is 0 Å². The van der Waals surface area contributed by atoms with Gasteiger partial charge < -0.3 is 11.1 Å². The van der Waals surface area contributed by atoms with Crippen LogP contribution in [0.3, 0.4) is 0 Å². The molecule has 0 aliphatic heterocycles. The normalized spacial score (nSPS) is 10.2. The van der Waals surface area contributed by atoms with Crippen LogP contribution in [0.25, 0.3) is 0 Å². The Balaban J connectivity index is 2.12. The van der Waals surface area contributed by atoms with Crippen LogP contribution in [0.5, 0.6) is 0 Å². The molecule has 0 aliphatic rings. The minimum Gasteiger partial charge on any atom is -0.389 e. The van der Waals surface area contributed by atoms with Gasteiger partial charge in [-0.1, -0.05) is 46.3 Å². The first-order chi connectivity index (χ1) is 9.08. The molecule has 2 rings (SSSR count). The number of nitrogens with one attached hydrogen (secondary N) is 1. The van der Waals surface area contributed by atoms with E-state index in [1.54, 1.807) is 0 Å². The summed E-state index contributed by atoms with van der Waals surface area (Å²) in [5.41, 5.74) is 8.67. The van der Waals surface area contributed by atoms with E-state index >= 15 is 0 Å². The van der Waals surface area contributed by atoms with Crippen molar-refractivity contribution in [3.8, 4) is 0 Å². The number of anilines is 1. The second-order valence-corrected chi connectivity index (χ2v) is 6.15. The van der Waals surface area contributed by atoms with Crippen LogP contribution in [0, 0.1) is 0 Å². The second kappa shape index (κ2) is 6.50. The summed E-state index contributed by atoms with van der Waals surface area (Å²) in [6.07, 6.45) is 0. The molecule has 0 saturated heterocycles. The Bertz CT molecular complexity index is 614. The highest BCUT2D eigenvalue weighted by Gasteiger charge is 2.04. The molecule has 5 heteroatoms. The van der Waals surface area contributed by atoms with Crippen molar-refractivity contribution >= 4 is 54.8 Å². The van der Waals surface area contributed by atoms with Crippen LogP contribution in [-0.4, -0.2) is 4.99 Å². The number of benzene rings is 2. The van der Waals surface area contributed by atoms with Crippen molar-refractivity contribution in [2.24, 2.45) is 5.73 Å². The number of hydrogen-bond acceptors (Lipinski definition) is 2. The Morgan fingerprint density at radius 2 is 1.84 bits per heavy atom. The van der Waals surface area contributed by atoms with Gasteiger partial charge in [0, 0.05) is 26.7 Å². The van der Waals surface area contributed by atoms with Crippen LogP contribution in [-0.2, 0) is 6.54 Å². The zero-order valence-electron chi connectivity index (χ0n) is 9.99. The third-order valence-electron chi connectivity index (χ3n) is 2.68. The Labute approximate surface area is 134 Å². The third kappa shape index (κ3) is 3.78. The molecule has 0 radical (unpaired) electrons. The molecule has 2 aromatic carbocycles. The summed E-state index contributed by atoms with van der Waals surface area (Å²) < 4.78 is 2.04. The molecule has 0 spiro atoms. The molecule has 0 bridgehead atoms. The summed E-state index contributed by atoms with van der Waals surface area (Å²) in [5.74, 6) is 0. The molecule has 19 heavy (non-hydrogen) atoms. The van der Waals surface area contributed by atoms with E-state index in [0.717, 1.165) is 26.7 Å². The van der Waals surface area contributed by atoms with Crippen molar-refractivity contribution < 1.29 is 0 Å². The SMILES string of the molecule is NC(=S)c1ccc(NCc2ccccc2Br)c(Br)c1. The lowest BCUT2D eigenvalue weighted by molar-refractivity contribution is 1.13. The summed E-state index contributed by atoms with van der Waals surface area (Å²) >= 11 is 12.0. The van der Waals surface area contributed by atoms with Crippen LogP contribution in [0.15, 0.2) is 51.4 Å². The molecular formula is C14H12Br2N2S. The van der Waals surface area contributed by atoms with Gasteiger partial charge in [-0.15, -0.1) is 0 Å². The Hall–Kier alpha value is -0.910. The molecule has 2 aromatic rings. The third-order valence-corrected chi connectivity index (χ3v) is 4.35. The second-order valence-electron chi connectivity index (χ2n) is 4.00. The van der Waals surface area contributed by atoms with Crippen LogP contribution >= 0.6 is 44.1 Å². The number of halogens is 2. The fourth-order valence-electron chi connectivity index (χ4n) is 1.64. The summed E-state index contributed by atoms with van der Waals surface area (Å²) in [7, 11) is 0. The molecule has 0 fully saturated rings. The lowest BCUT2D eigenvalue weighted by atomic mass is 10.2. The van der Waals surface area contributed by atoms with Gasteiger partial charge in [-0.2, -0.15) is 0 Å². The lowest BCUT2D eigenvalue weighted by Crippen LogP contribution is -2.09. The van der Waals surface area contributed by atoms with Crippen LogP contribution < -0.4 is 11.1 Å². The Kier molecular flexibility index (Phi) is 4.96. The van der Waals surface area contributed by atoms with E-state index in [4.69, 9.17) is 18.0 Å². The highest BCUT2D eigenvalue weighted by atomic mass is 79.9. The molecule has 0 unspecified atom stereocenters. The minimum atomic E-state index is 0.401. The van der Waals surface area contributed by atoms with Gasteiger partial charge in [0.1, 0.15) is 4.99 Å². The van der Waals surface area contributed by atoms with Crippen LogP contribution in [0.4, 0.5) is 5.69 Å². The number of thiocarbonyl (C=S) groups is 1. The first-order valence-corrected chi connectivity index (χ1v) is 7.64. The van der Waals surface area contributed by atoms with Crippen molar-refractivity contribution in [3.63, 3.8) is 0 Å². The quantitative estimate of drug-likeness (QED) is 0.745. The number of rotatable bonds is 4. The molecule has 98 valence electrons. The van der Waals surface area contributed by atoms with Gasteiger partial charge in [-0.25, -0.2) is 0 Å². The summed E-state index contributed by atoms with van der Waals surface area (Å²) in [4.78, 5) is 0.401. The van der Waals surface area contributed by atoms with Crippen molar-refractivity contribution in [3.05, 3.63) is 62.5 Å². The van der Waals surface area contributed by atoms with E-state index in [1.165, 1.54) is 5.56 Å². The predicted octanol–water partition coefficient (Wildman–Crippen LogP) is 4.46. The number of nitrogens with two attached hydrogens (primary N) is 1. The topological polar surface area (TPSA) is 38.0 Å². The predicted molar refractivity (Wildman–Crippen MR) is 91.5 cm³/mol. The fraction of sp³-hybridized carbons (Fsp3) is 0.0714. The fourth-order valence-corrected chi connectivity index (χ4v) is 2.71. The van der Waals surface area contributed by atoms with Crippen molar-refractivity contribution in [1.82, 2.24) is 0 Å². The molecule has 0 aliphatic carbocycles. The maximum absolute atomic E-state index is 5.60. The van der Waals surface area contributed by atoms with E-state index in [2.05, 4.69) is 43.2 Å². The van der Waals surface area contributed by atoms with Gasteiger partial charge in [-0.3, -0.25) is 0 Å². The molecule has 3 N–H and O–H groups in total. The highest BCUT2D eigenvalue weighted by Crippen LogP contribution is 2.25. The zero-order valence-corrected chi connectivity index (χ0v) is 14.0.